The van der Waals surface area contributed by atoms with E-state index in [1.54, 1.807) is 11.7 Å². The first-order chi connectivity index (χ1) is 16.8. The number of hydrogen-bond acceptors (Lipinski definition) is 7. The van der Waals surface area contributed by atoms with E-state index in [2.05, 4.69) is 25.6 Å². The van der Waals surface area contributed by atoms with Crippen LogP contribution in [0, 0.1) is 11.6 Å². The maximum Gasteiger partial charge on any atom is 0.277 e. The van der Waals surface area contributed by atoms with Crippen LogP contribution in [0.3, 0.4) is 0 Å². The van der Waals surface area contributed by atoms with E-state index in [4.69, 9.17) is 5.73 Å². The summed E-state index contributed by atoms with van der Waals surface area (Å²) in [4.78, 5) is 31.1. The van der Waals surface area contributed by atoms with E-state index in [1.807, 2.05) is 6.92 Å². The number of nitrogens with one attached hydrogen (secondary N) is 2. The Labute approximate surface area is 205 Å². The van der Waals surface area contributed by atoms with Gasteiger partial charge in [-0.2, -0.15) is 5.10 Å². The van der Waals surface area contributed by atoms with Crippen molar-refractivity contribution in [1.82, 2.24) is 20.1 Å². The van der Waals surface area contributed by atoms with Crippen LogP contribution in [0.25, 0.3) is 10.6 Å². The smallest absolute Gasteiger partial charge is 0.277 e. The molecule has 1 aliphatic rings. The number of rotatable bonds is 6. The fourth-order valence-electron chi connectivity index (χ4n) is 4.16. The van der Waals surface area contributed by atoms with Gasteiger partial charge in [-0.05, 0) is 31.4 Å². The maximum absolute atomic E-state index is 14.2. The number of anilines is 3. The van der Waals surface area contributed by atoms with E-state index in [0.717, 1.165) is 55.1 Å². The van der Waals surface area contributed by atoms with Crippen molar-refractivity contribution >= 4 is 39.7 Å². The Kier molecular flexibility index (Phi) is 7.29. The molecule has 0 aliphatic carbocycles. The van der Waals surface area contributed by atoms with Gasteiger partial charge in [-0.15, -0.1) is 0 Å². The van der Waals surface area contributed by atoms with Crippen LogP contribution in [0.1, 0.15) is 43.1 Å². The van der Waals surface area contributed by atoms with Crippen molar-refractivity contribution in [3.05, 3.63) is 41.7 Å². The summed E-state index contributed by atoms with van der Waals surface area (Å²) in [5.74, 6) is -1.41. The van der Waals surface area contributed by atoms with E-state index in [0.29, 0.717) is 18.7 Å². The molecule has 3 heterocycles. The first kappa shape index (κ1) is 24.6. The molecule has 2 aromatic heterocycles. The molecular formula is C23H27F2N7O2S. The molecule has 1 atom stereocenters. The molecule has 1 fully saturated rings. The number of benzene rings is 1. The number of carbonyl (C=O) groups excluding carboxylic acids is 2. The molecule has 2 amide bonds. The van der Waals surface area contributed by atoms with Gasteiger partial charge in [0.1, 0.15) is 27.3 Å². The van der Waals surface area contributed by atoms with Crippen LogP contribution in [0.2, 0.25) is 0 Å². The summed E-state index contributed by atoms with van der Waals surface area (Å²) in [6.07, 6.45) is 4.48. The summed E-state index contributed by atoms with van der Waals surface area (Å²) >= 11 is 0.842. The van der Waals surface area contributed by atoms with Gasteiger partial charge in [0.05, 0.1) is 11.8 Å². The molecule has 0 saturated carbocycles. The molecule has 0 radical (unpaired) electrons. The summed E-state index contributed by atoms with van der Waals surface area (Å²) in [6.45, 7) is 3.23. The van der Waals surface area contributed by atoms with Gasteiger partial charge in [0.2, 0.25) is 5.91 Å². The van der Waals surface area contributed by atoms with E-state index in [9.17, 15) is 18.4 Å². The zero-order valence-electron chi connectivity index (χ0n) is 19.5. The Morgan fingerprint density at radius 3 is 2.69 bits per heavy atom. The lowest BCUT2D eigenvalue weighted by atomic mass is 10.1. The fraction of sp³-hybridized carbons (Fsp3) is 0.391. The molecule has 0 bridgehead atoms. The van der Waals surface area contributed by atoms with E-state index in [1.165, 1.54) is 12.3 Å². The van der Waals surface area contributed by atoms with Crippen LogP contribution >= 0.6 is 11.3 Å². The van der Waals surface area contributed by atoms with Crippen LogP contribution in [-0.2, 0) is 11.8 Å². The summed E-state index contributed by atoms with van der Waals surface area (Å²) < 4.78 is 30.0. The maximum atomic E-state index is 14.2. The lowest BCUT2D eigenvalue weighted by molar-refractivity contribution is -0.121. The standard InChI is InChI=1S/C23H27F2N7O2S/c1-3-17(33)28-13-6-5-10-32(11-9-13)23-16(12-27-31(23)2)29-21(34)19-20(26)35-22(30-19)18-14(24)7-4-8-15(18)25/h4,7-8,12-13H,3,5-6,9-11,26H2,1-2H3,(H,28,33)(H,29,34). The quantitative estimate of drug-likeness (QED) is 0.474. The third kappa shape index (κ3) is 5.26. The van der Waals surface area contributed by atoms with Gasteiger partial charge >= 0.3 is 0 Å². The first-order valence-electron chi connectivity index (χ1n) is 11.4. The summed E-state index contributed by atoms with van der Waals surface area (Å²) in [7, 11) is 1.78. The monoisotopic (exact) mass is 503 g/mol. The second-order valence-electron chi connectivity index (χ2n) is 8.32. The van der Waals surface area contributed by atoms with Gasteiger partial charge in [0.15, 0.2) is 11.5 Å². The number of aryl methyl sites for hydroxylation is 1. The molecule has 12 heteroatoms. The number of carbonyl (C=O) groups is 2. The number of aromatic nitrogens is 3. The van der Waals surface area contributed by atoms with Crippen molar-refractivity contribution in [1.29, 1.82) is 0 Å². The molecule has 0 spiro atoms. The highest BCUT2D eigenvalue weighted by atomic mass is 32.1. The summed E-state index contributed by atoms with van der Waals surface area (Å²) in [6, 6.07) is 3.60. The minimum atomic E-state index is -0.783. The molecular weight excluding hydrogens is 476 g/mol. The van der Waals surface area contributed by atoms with E-state index < -0.39 is 17.5 Å². The van der Waals surface area contributed by atoms with Gasteiger partial charge in [-0.1, -0.05) is 24.3 Å². The Morgan fingerprint density at radius 2 is 1.97 bits per heavy atom. The average Bonchev–Trinajstić information content (AvgIpc) is 3.28. The summed E-state index contributed by atoms with van der Waals surface area (Å²) in [5.41, 5.74) is 6.03. The Hall–Kier alpha value is -3.54. The molecule has 1 aromatic carbocycles. The third-order valence-electron chi connectivity index (χ3n) is 5.91. The van der Waals surface area contributed by atoms with Gasteiger partial charge < -0.3 is 21.3 Å². The molecule has 1 saturated heterocycles. The highest BCUT2D eigenvalue weighted by Gasteiger charge is 2.26. The highest BCUT2D eigenvalue weighted by molar-refractivity contribution is 7.19. The zero-order valence-corrected chi connectivity index (χ0v) is 20.3. The Morgan fingerprint density at radius 1 is 1.23 bits per heavy atom. The van der Waals surface area contributed by atoms with Crippen LogP contribution in [-0.4, -0.2) is 45.7 Å². The highest BCUT2D eigenvalue weighted by Crippen LogP contribution is 2.34. The number of nitrogens with two attached hydrogens (primary N) is 1. The molecule has 35 heavy (non-hydrogen) atoms. The second kappa shape index (κ2) is 10.4. The van der Waals surface area contributed by atoms with Crippen LogP contribution in [0.5, 0.6) is 0 Å². The second-order valence-corrected chi connectivity index (χ2v) is 9.35. The topological polar surface area (TPSA) is 118 Å². The number of hydrogen-bond donors (Lipinski definition) is 3. The number of nitrogen functional groups attached to an aromatic ring is 1. The van der Waals surface area contributed by atoms with Crippen molar-refractivity contribution < 1.29 is 18.4 Å². The normalized spacial score (nSPS) is 16.1. The average molecular weight is 504 g/mol. The molecule has 3 aromatic rings. The molecule has 186 valence electrons. The zero-order chi connectivity index (χ0) is 25.1. The molecule has 1 unspecified atom stereocenters. The number of halogens is 2. The SMILES string of the molecule is CCC(=O)NC1CCCN(c2c(NC(=O)c3nc(-c4c(F)cccc4F)sc3N)cnn2C)CC1. The predicted molar refractivity (Wildman–Crippen MR) is 131 cm³/mol. The lowest BCUT2D eigenvalue weighted by Gasteiger charge is -2.24. The van der Waals surface area contributed by atoms with Gasteiger partial charge in [0.25, 0.3) is 5.91 Å². The van der Waals surface area contributed by atoms with Gasteiger partial charge in [-0.25, -0.2) is 13.8 Å². The van der Waals surface area contributed by atoms with Crippen LogP contribution in [0.4, 0.5) is 25.3 Å². The molecule has 1 aliphatic heterocycles. The molecule has 9 nitrogen and oxygen atoms in total. The largest absolute Gasteiger partial charge is 0.389 e. The van der Waals surface area contributed by atoms with Crippen molar-refractivity contribution in [2.24, 2.45) is 7.05 Å². The van der Waals surface area contributed by atoms with Crippen LogP contribution in [0.15, 0.2) is 24.4 Å². The Bertz CT molecular complexity index is 1220. The number of amides is 2. The van der Waals surface area contributed by atoms with Crippen molar-refractivity contribution in [3.63, 3.8) is 0 Å². The fourth-order valence-corrected chi connectivity index (χ4v) is 5.04. The minimum absolute atomic E-state index is 0.0117. The summed E-state index contributed by atoms with van der Waals surface area (Å²) in [5, 5.41) is 10.2. The van der Waals surface area contributed by atoms with Crippen molar-refractivity contribution in [2.75, 3.05) is 29.0 Å². The third-order valence-corrected chi connectivity index (χ3v) is 6.82. The molecule has 4 rings (SSSR count). The predicted octanol–water partition coefficient (Wildman–Crippen LogP) is 3.54. The van der Waals surface area contributed by atoms with Gasteiger partial charge in [-0.3, -0.25) is 14.3 Å². The Balaban J connectivity index is 1.52. The first-order valence-corrected chi connectivity index (χ1v) is 12.2. The minimum Gasteiger partial charge on any atom is -0.389 e. The van der Waals surface area contributed by atoms with Crippen molar-refractivity contribution in [3.8, 4) is 10.6 Å². The van der Waals surface area contributed by atoms with E-state index in [-0.39, 0.29) is 33.2 Å². The lowest BCUT2D eigenvalue weighted by Crippen LogP contribution is -2.35. The van der Waals surface area contributed by atoms with Crippen molar-refractivity contribution in [2.45, 2.75) is 38.6 Å². The van der Waals surface area contributed by atoms with Crippen LogP contribution < -0.4 is 21.3 Å². The van der Waals surface area contributed by atoms with E-state index >= 15 is 0 Å². The van der Waals surface area contributed by atoms with Gasteiger partial charge in [0, 0.05) is 32.6 Å². The number of thiazole rings is 1. The number of nitrogens with zero attached hydrogens (tertiary/aromatic N) is 4. The molecule has 4 N–H and O–H groups in total.